The molecule has 0 saturated carbocycles. The zero-order chi connectivity index (χ0) is 3.58. The molecule has 0 fully saturated rings. The molecular weight excluding hydrogens is 331 g/mol. The first-order valence-corrected chi connectivity index (χ1v) is 2.60. The van der Waals surface area contributed by atoms with Gasteiger partial charge in [-0.1, -0.05) is 0 Å². The van der Waals surface area contributed by atoms with Crippen LogP contribution >= 0.6 is 0 Å². The van der Waals surface area contributed by atoms with E-state index in [-0.39, 0.29) is 93.3 Å². The van der Waals surface area contributed by atoms with Crippen molar-refractivity contribution in [2.45, 2.75) is 0 Å². The first-order valence-electron chi connectivity index (χ1n) is 0.500. The molecule has 0 aliphatic rings. The molecule has 0 aliphatic heterocycles. The quantitative estimate of drug-likeness (QED) is 0.413. The van der Waals surface area contributed by atoms with Crippen molar-refractivity contribution in [3.05, 3.63) is 0 Å². The number of rotatable bonds is 0. The van der Waals surface area contributed by atoms with Gasteiger partial charge in [-0.25, -0.2) is 0 Å². The number of hydrogen-bond acceptors (Lipinski definition) is 3. The third-order valence-electron chi connectivity index (χ3n) is 0. The molecule has 0 aromatic rings. The van der Waals surface area contributed by atoms with Gasteiger partial charge >= 0.3 is 120 Å². The van der Waals surface area contributed by atoms with Crippen LogP contribution in [0.25, 0.3) is 0 Å². The molecule has 3 nitrogen and oxygen atoms in total. The second-order valence-corrected chi connectivity index (χ2v) is 1.06. The third kappa shape index (κ3) is 59.2. The van der Waals surface area contributed by atoms with E-state index >= 15 is 0 Å². The Morgan fingerprint density at radius 1 is 1.00 bits per heavy atom. The van der Waals surface area contributed by atoms with Gasteiger partial charge in [-0.2, -0.15) is 0 Å². The fourth-order valence-corrected chi connectivity index (χ4v) is 0. The van der Waals surface area contributed by atoms with Crippen molar-refractivity contribution in [2.75, 3.05) is 0 Å². The minimum absolute atomic E-state index is 0. The predicted octanol–water partition coefficient (Wildman–Crippen LogP) is -10.7. The maximum atomic E-state index is 8.54. The standard InChI is InChI=1S/2Na.H2O3Se.2H2Se/c;;1-4(2)3;;/h;;(H2,1,2,3);2*1H2/q2*+1;;;/p-2. The van der Waals surface area contributed by atoms with E-state index < -0.39 is 14.5 Å². The van der Waals surface area contributed by atoms with Crippen molar-refractivity contribution in [2.24, 2.45) is 0 Å². The first-order chi connectivity index (χ1) is 1.73. The van der Waals surface area contributed by atoms with Crippen molar-refractivity contribution in [3.63, 3.8) is 0 Å². The molecule has 0 bridgehead atoms. The Balaban J connectivity index is -0.00000000750. The Hall–Kier alpha value is 3.28. The third-order valence-corrected chi connectivity index (χ3v) is 0. The molecule has 0 aliphatic carbocycles. The number of hydrogen-bond donors (Lipinski definition) is 0. The van der Waals surface area contributed by atoms with Crippen LogP contribution in [-0.4, -0.2) is 48.6 Å². The van der Waals surface area contributed by atoms with Gasteiger partial charge in [0.2, 0.25) is 0 Å². The summed E-state index contributed by atoms with van der Waals surface area (Å²) in [4.78, 5) is 0. The predicted molar refractivity (Wildman–Crippen MR) is 23.5 cm³/mol. The molecule has 8 heteroatoms. The van der Waals surface area contributed by atoms with Crippen LogP contribution in [0.3, 0.4) is 0 Å². The van der Waals surface area contributed by atoms with Crippen LogP contribution in [-0.2, 0) is 3.83 Å². The van der Waals surface area contributed by atoms with Gasteiger partial charge in [0.1, 0.15) is 0 Å². The van der Waals surface area contributed by atoms with Crippen LogP contribution in [0.2, 0.25) is 0 Å². The van der Waals surface area contributed by atoms with Crippen LogP contribution < -0.4 is 67.5 Å². The van der Waals surface area contributed by atoms with Gasteiger partial charge in [-0.05, 0) is 0 Å². The molecule has 0 aromatic carbocycles. The van der Waals surface area contributed by atoms with Gasteiger partial charge in [0.25, 0.3) is 0 Å². The van der Waals surface area contributed by atoms with Crippen molar-refractivity contribution >= 4 is 48.6 Å². The summed E-state index contributed by atoms with van der Waals surface area (Å²) in [5.74, 6) is 0. The molecule has 0 spiro atoms. The summed E-state index contributed by atoms with van der Waals surface area (Å²) in [6.07, 6.45) is 0. The van der Waals surface area contributed by atoms with E-state index in [1.807, 2.05) is 0 Å². The molecule has 0 heterocycles. The van der Waals surface area contributed by atoms with Crippen molar-refractivity contribution in [1.29, 1.82) is 0 Å². The molecule has 0 rings (SSSR count). The monoisotopic (exact) mass is 338 g/mol. The molecule has 0 amide bonds. The van der Waals surface area contributed by atoms with Gasteiger partial charge in [-0.15, -0.1) is 0 Å². The van der Waals surface area contributed by atoms with E-state index in [9.17, 15) is 0 Å². The van der Waals surface area contributed by atoms with Gasteiger partial charge in [0.15, 0.2) is 0 Å². The van der Waals surface area contributed by atoms with E-state index in [0.717, 1.165) is 0 Å². The molecular formula is H4Na2O3Se3. The normalized spacial score (nSPS) is 4.38. The Kier molecular flexibility index (Phi) is 84.8. The zero-order valence-electron chi connectivity index (χ0n) is 4.63. The Morgan fingerprint density at radius 3 is 1.00 bits per heavy atom. The summed E-state index contributed by atoms with van der Waals surface area (Å²) < 4.78 is 25.6. The average molecular weight is 335 g/mol. The van der Waals surface area contributed by atoms with Crippen LogP contribution in [0.5, 0.6) is 0 Å². The first kappa shape index (κ1) is 30.2. The van der Waals surface area contributed by atoms with Gasteiger partial charge in [0, 0.05) is 0 Å². The average Bonchev–Trinajstić information content (AvgIpc) is 0.811. The Labute approximate surface area is 118 Å². The molecule has 0 N–H and O–H groups in total. The Morgan fingerprint density at radius 2 is 1.00 bits per heavy atom. The topological polar surface area (TPSA) is 63.2 Å². The molecule has 8 heavy (non-hydrogen) atoms. The summed E-state index contributed by atoms with van der Waals surface area (Å²) >= 11 is -3.79. The summed E-state index contributed by atoms with van der Waals surface area (Å²) in [5, 5.41) is 0. The second-order valence-electron chi connectivity index (χ2n) is 0.204. The van der Waals surface area contributed by atoms with E-state index in [2.05, 4.69) is 0 Å². The molecule has 0 radical (unpaired) electrons. The minimum atomic E-state index is -3.79. The van der Waals surface area contributed by atoms with Crippen LogP contribution in [0, 0.1) is 0 Å². The SMILES string of the molecule is O=[Se]([O-])[O-].[Na+].[Na+].[SeH2].[SeH2]. The van der Waals surface area contributed by atoms with Crippen molar-refractivity contribution in [1.82, 2.24) is 0 Å². The summed E-state index contributed by atoms with van der Waals surface area (Å²) in [7, 11) is 0. The van der Waals surface area contributed by atoms with Crippen molar-refractivity contribution < 1.29 is 71.3 Å². The fourth-order valence-electron chi connectivity index (χ4n) is 0. The van der Waals surface area contributed by atoms with E-state index in [4.69, 9.17) is 12.2 Å². The molecule has 0 atom stereocenters. The summed E-state index contributed by atoms with van der Waals surface area (Å²) in [6.45, 7) is 0. The molecule has 0 aromatic heterocycles. The molecule has 42 valence electrons. The van der Waals surface area contributed by atoms with Crippen LogP contribution in [0.4, 0.5) is 0 Å². The second kappa shape index (κ2) is 22.4. The van der Waals surface area contributed by atoms with Crippen LogP contribution in [0.1, 0.15) is 0 Å². The molecule has 0 saturated heterocycles. The van der Waals surface area contributed by atoms with Gasteiger partial charge in [0.05, 0.1) is 0 Å². The Bertz CT molecular complexity index is 35.5. The van der Waals surface area contributed by atoms with E-state index in [1.165, 1.54) is 0 Å². The van der Waals surface area contributed by atoms with Gasteiger partial charge in [-0.3, -0.25) is 0 Å². The molecule has 0 unspecified atom stereocenters. The van der Waals surface area contributed by atoms with E-state index in [1.54, 1.807) is 0 Å². The van der Waals surface area contributed by atoms with E-state index in [0.29, 0.717) is 0 Å². The zero-order valence-corrected chi connectivity index (χ0v) is 14.5. The van der Waals surface area contributed by atoms with Crippen LogP contribution in [0.15, 0.2) is 0 Å². The van der Waals surface area contributed by atoms with Gasteiger partial charge < -0.3 is 0 Å². The summed E-state index contributed by atoms with van der Waals surface area (Å²) in [5.41, 5.74) is 0. The summed E-state index contributed by atoms with van der Waals surface area (Å²) in [6, 6.07) is 0. The maximum absolute atomic E-state index is 8.54. The van der Waals surface area contributed by atoms with Crippen molar-refractivity contribution in [3.8, 4) is 0 Å². The fraction of sp³-hybridized carbons (Fsp3) is 0.